The summed E-state index contributed by atoms with van der Waals surface area (Å²) in [6, 6.07) is 0. The predicted octanol–water partition coefficient (Wildman–Crippen LogP) is 3.41. The second kappa shape index (κ2) is 3.25. The first-order chi connectivity index (χ1) is 5.47. The van der Waals surface area contributed by atoms with Gasteiger partial charge in [-0.15, -0.1) is 0 Å². The van der Waals surface area contributed by atoms with Gasteiger partial charge in [-0.05, 0) is 38.5 Å². The lowest BCUT2D eigenvalue weighted by Gasteiger charge is -2.17. The summed E-state index contributed by atoms with van der Waals surface area (Å²) >= 11 is 0. The summed E-state index contributed by atoms with van der Waals surface area (Å²) in [4.78, 5) is 0. The first kappa shape index (κ1) is 7.15. The van der Waals surface area contributed by atoms with E-state index >= 15 is 0 Å². The van der Waals surface area contributed by atoms with Gasteiger partial charge in [-0.1, -0.05) is 23.8 Å². The van der Waals surface area contributed by atoms with Crippen LogP contribution in [0.5, 0.6) is 0 Å². The maximum atomic E-state index is 2.45. The predicted molar refractivity (Wildman–Crippen MR) is 48.2 cm³/mol. The second-order valence-corrected chi connectivity index (χ2v) is 3.46. The van der Waals surface area contributed by atoms with Crippen LogP contribution in [0, 0.1) is 5.92 Å². The average molecular weight is 147 g/mol. The van der Waals surface area contributed by atoms with Crippen LogP contribution in [0.3, 0.4) is 0 Å². The number of hydrogen-bond acceptors (Lipinski definition) is 0. The van der Waals surface area contributed by atoms with Gasteiger partial charge in [0.15, 0.2) is 0 Å². The van der Waals surface area contributed by atoms with Gasteiger partial charge < -0.3 is 0 Å². The van der Waals surface area contributed by atoms with Crippen molar-refractivity contribution in [2.45, 2.75) is 38.5 Å². The van der Waals surface area contributed by atoms with E-state index < -0.39 is 0 Å². The van der Waals surface area contributed by atoms with Crippen LogP contribution < -0.4 is 0 Å². The molecule has 0 saturated heterocycles. The number of hydrogen-bond donors (Lipinski definition) is 0. The Morgan fingerprint density at radius 2 is 1.82 bits per heavy atom. The molecule has 59 valence electrons. The van der Waals surface area contributed by atoms with E-state index in [1.807, 2.05) is 0 Å². The van der Waals surface area contributed by atoms with Crippen LogP contribution in [0.4, 0.5) is 0 Å². The van der Waals surface area contributed by atoms with Crippen molar-refractivity contribution in [3.8, 4) is 0 Å². The molecule has 0 amide bonds. The van der Waals surface area contributed by atoms with Crippen LogP contribution in [-0.4, -0.2) is 0 Å². The Bertz CT molecular complexity index is 178. The van der Waals surface area contributed by atoms with Gasteiger partial charge in [-0.25, -0.2) is 0 Å². The lowest BCUT2D eigenvalue weighted by molar-refractivity contribution is 0.684. The average Bonchev–Trinajstić information content (AvgIpc) is 2.58. The molecule has 0 saturated carbocycles. The molecule has 0 fully saturated rings. The smallest absolute Gasteiger partial charge is 0.00802 e. The molecular formula is C11H15. The summed E-state index contributed by atoms with van der Waals surface area (Å²) in [5, 5.41) is 0. The van der Waals surface area contributed by atoms with Gasteiger partial charge in [0.25, 0.3) is 0 Å². The van der Waals surface area contributed by atoms with Gasteiger partial charge in [-0.3, -0.25) is 0 Å². The molecule has 0 nitrogen and oxygen atoms in total. The fraction of sp³-hybridized carbons (Fsp3) is 0.545. The van der Waals surface area contributed by atoms with E-state index in [0.717, 1.165) is 0 Å². The van der Waals surface area contributed by atoms with Crippen LogP contribution in [-0.2, 0) is 0 Å². The molecule has 0 heteroatoms. The van der Waals surface area contributed by atoms with Crippen molar-refractivity contribution >= 4 is 0 Å². The van der Waals surface area contributed by atoms with Crippen LogP contribution in [0.2, 0.25) is 0 Å². The fourth-order valence-corrected chi connectivity index (χ4v) is 1.96. The van der Waals surface area contributed by atoms with Crippen molar-refractivity contribution in [1.82, 2.24) is 0 Å². The molecule has 0 aromatic rings. The molecule has 0 bridgehead atoms. The summed E-state index contributed by atoms with van der Waals surface area (Å²) < 4.78 is 0. The van der Waals surface area contributed by atoms with E-state index in [-0.39, 0.29) is 0 Å². The van der Waals surface area contributed by atoms with E-state index in [1.165, 1.54) is 38.5 Å². The summed E-state index contributed by atoms with van der Waals surface area (Å²) in [5.41, 5.74) is 1.67. The van der Waals surface area contributed by atoms with Gasteiger partial charge in [0.1, 0.15) is 0 Å². The molecule has 2 aliphatic rings. The normalized spacial score (nSPS) is 25.6. The largest absolute Gasteiger partial charge is 0.0876 e. The van der Waals surface area contributed by atoms with Gasteiger partial charge in [0, 0.05) is 5.92 Å². The molecule has 0 aromatic heterocycles. The van der Waals surface area contributed by atoms with Crippen molar-refractivity contribution in [1.29, 1.82) is 0 Å². The Labute approximate surface area is 69.0 Å². The molecule has 1 radical (unpaired) electrons. The molecule has 0 atom stereocenters. The van der Waals surface area contributed by atoms with E-state index in [0.29, 0.717) is 0 Å². The highest BCUT2D eigenvalue weighted by atomic mass is 14.2. The van der Waals surface area contributed by atoms with Gasteiger partial charge in [0.05, 0.1) is 0 Å². The van der Waals surface area contributed by atoms with Crippen LogP contribution in [0.25, 0.3) is 0 Å². The molecular weight excluding hydrogens is 132 g/mol. The Morgan fingerprint density at radius 1 is 1.00 bits per heavy atom. The van der Waals surface area contributed by atoms with Crippen molar-refractivity contribution in [3.63, 3.8) is 0 Å². The maximum absolute atomic E-state index is 2.45. The molecule has 0 unspecified atom stereocenters. The van der Waals surface area contributed by atoms with Crippen molar-refractivity contribution < 1.29 is 0 Å². The van der Waals surface area contributed by atoms with E-state index in [1.54, 1.807) is 11.5 Å². The Hall–Kier alpha value is -0.520. The zero-order valence-corrected chi connectivity index (χ0v) is 6.97. The van der Waals surface area contributed by atoms with Crippen LogP contribution in [0.15, 0.2) is 23.8 Å². The molecule has 0 spiro atoms. The number of rotatable bonds is 1. The maximum Gasteiger partial charge on any atom is 0.00802 e. The Balaban J connectivity index is 1.97. The summed E-state index contributed by atoms with van der Waals surface area (Å²) in [5.74, 6) is 1.68. The monoisotopic (exact) mass is 147 g/mol. The van der Waals surface area contributed by atoms with Crippen LogP contribution in [0.1, 0.15) is 38.5 Å². The third kappa shape index (κ3) is 1.55. The summed E-state index contributed by atoms with van der Waals surface area (Å²) in [6.45, 7) is 0. The minimum atomic E-state index is 1.23. The van der Waals surface area contributed by atoms with E-state index in [9.17, 15) is 0 Å². The standard InChI is InChI=1S/C11H15/c1-2-6-10(7-3-1)11-8-4-5-9-11/h4-6H,1-3,7-9H2. The van der Waals surface area contributed by atoms with Crippen molar-refractivity contribution in [2.75, 3.05) is 0 Å². The molecule has 2 aliphatic carbocycles. The lowest BCUT2D eigenvalue weighted by Crippen LogP contribution is -2.00. The highest BCUT2D eigenvalue weighted by molar-refractivity contribution is 5.32. The molecule has 0 aromatic carbocycles. The molecule has 0 N–H and O–H groups in total. The third-order valence-corrected chi connectivity index (χ3v) is 2.64. The zero-order valence-electron chi connectivity index (χ0n) is 6.97. The minimum Gasteiger partial charge on any atom is -0.0876 e. The van der Waals surface area contributed by atoms with E-state index in [4.69, 9.17) is 0 Å². The van der Waals surface area contributed by atoms with Gasteiger partial charge in [0.2, 0.25) is 0 Å². The third-order valence-electron chi connectivity index (χ3n) is 2.64. The minimum absolute atomic E-state index is 1.23. The Kier molecular flexibility index (Phi) is 2.11. The molecule has 2 rings (SSSR count). The molecule has 11 heavy (non-hydrogen) atoms. The zero-order chi connectivity index (χ0) is 7.52. The number of allylic oxidation sites excluding steroid dienone is 4. The SMILES string of the molecule is C1=CC[C](C2=CCCCC2)C1. The molecule has 0 aliphatic heterocycles. The summed E-state index contributed by atoms with van der Waals surface area (Å²) in [6.07, 6.45) is 15.0. The quantitative estimate of drug-likeness (QED) is 0.498. The lowest BCUT2D eigenvalue weighted by atomic mass is 9.88. The fourth-order valence-electron chi connectivity index (χ4n) is 1.96. The molecule has 0 heterocycles. The Morgan fingerprint density at radius 3 is 2.45 bits per heavy atom. The van der Waals surface area contributed by atoms with Gasteiger partial charge in [-0.2, -0.15) is 0 Å². The first-order valence-electron chi connectivity index (χ1n) is 4.66. The highest BCUT2D eigenvalue weighted by Gasteiger charge is 2.16. The van der Waals surface area contributed by atoms with Crippen LogP contribution >= 0.6 is 0 Å². The van der Waals surface area contributed by atoms with Gasteiger partial charge >= 0.3 is 0 Å². The summed E-state index contributed by atoms with van der Waals surface area (Å²) in [7, 11) is 0. The highest BCUT2D eigenvalue weighted by Crippen LogP contribution is 2.33. The van der Waals surface area contributed by atoms with Crippen molar-refractivity contribution in [2.24, 2.45) is 0 Å². The van der Waals surface area contributed by atoms with E-state index in [2.05, 4.69) is 18.2 Å². The first-order valence-corrected chi connectivity index (χ1v) is 4.66. The topological polar surface area (TPSA) is 0 Å². The van der Waals surface area contributed by atoms with Crippen molar-refractivity contribution in [3.05, 3.63) is 29.7 Å². The second-order valence-electron chi connectivity index (χ2n) is 3.46.